The average molecular weight is 507 g/mol. The van der Waals surface area contributed by atoms with Crippen molar-refractivity contribution in [3.63, 3.8) is 0 Å². The summed E-state index contributed by atoms with van der Waals surface area (Å²) in [6.45, 7) is 6.65. The first kappa shape index (κ1) is 24.7. The zero-order valence-corrected chi connectivity index (χ0v) is 21.9. The molecule has 0 aliphatic carbocycles. The lowest BCUT2D eigenvalue weighted by molar-refractivity contribution is -0.120. The fourth-order valence-corrected chi connectivity index (χ4v) is 6.74. The number of carbonyl (C=O) groups excluding carboxylic acids is 1. The number of amides is 1. The van der Waals surface area contributed by atoms with Crippen LogP contribution in [0, 0.1) is 19.8 Å². The number of aromatic nitrogens is 1. The Hall–Kier alpha value is -2.97. The zero-order chi connectivity index (χ0) is 25.3. The Labute approximate surface area is 213 Å². The molecule has 36 heavy (non-hydrogen) atoms. The number of pyridine rings is 1. The van der Waals surface area contributed by atoms with Gasteiger partial charge < -0.3 is 10.2 Å². The second kappa shape index (κ2) is 10.2. The van der Waals surface area contributed by atoms with Crippen molar-refractivity contribution >= 4 is 38.3 Å². The zero-order valence-electron chi connectivity index (χ0n) is 21.0. The van der Waals surface area contributed by atoms with Crippen LogP contribution < -0.4 is 10.2 Å². The summed E-state index contributed by atoms with van der Waals surface area (Å²) >= 11 is 0. The van der Waals surface area contributed by atoms with Crippen LogP contribution in [-0.2, 0) is 14.8 Å². The summed E-state index contributed by atoms with van der Waals surface area (Å²) in [5, 5.41) is 3.93. The van der Waals surface area contributed by atoms with E-state index in [1.807, 2.05) is 44.2 Å². The third-order valence-corrected chi connectivity index (χ3v) is 9.26. The molecular weight excluding hydrogens is 472 g/mol. The van der Waals surface area contributed by atoms with Crippen molar-refractivity contribution in [3.8, 4) is 0 Å². The predicted molar refractivity (Wildman–Crippen MR) is 144 cm³/mol. The number of hydrogen-bond donors (Lipinski definition) is 1. The summed E-state index contributed by atoms with van der Waals surface area (Å²) in [6, 6.07) is 15.2. The number of fused-ring (bicyclic) bond motifs is 1. The highest BCUT2D eigenvalue weighted by Gasteiger charge is 2.28. The van der Waals surface area contributed by atoms with Gasteiger partial charge in [-0.3, -0.25) is 4.79 Å². The molecule has 3 heterocycles. The summed E-state index contributed by atoms with van der Waals surface area (Å²) < 4.78 is 27.7. The Kier molecular flexibility index (Phi) is 6.99. The van der Waals surface area contributed by atoms with E-state index in [1.54, 1.807) is 22.5 Å². The van der Waals surface area contributed by atoms with Gasteiger partial charge >= 0.3 is 0 Å². The third-order valence-electron chi connectivity index (χ3n) is 7.37. The van der Waals surface area contributed by atoms with Crippen molar-refractivity contribution in [2.45, 2.75) is 50.8 Å². The molecule has 8 heteroatoms. The molecule has 2 aliphatic heterocycles. The summed E-state index contributed by atoms with van der Waals surface area (Å²) in [6.07, 6.45) is 4.67. The monoisotopic (exact) mass is 506 g/mol. The quantitative estimate of drug-likeness (QED) is 0.533. The van der Waals surface area contributed by atoms with E-state index in [1.165, 1.54) is 0 Å². The topological polar surface area (TPSA) is 82.6 Å². The van der Waals surface area contributed by atoms with Crippen LogP contribution >= 0.6 is 0 Å². The molecule has 0 bridgehead atoms. The van der Waals surface area contributed by atoms with Crippen molar-refractivity contribution in [2.24, 2.45) is 5.92 Å². The molecule has 5 rings (SSSR count). The molecule has 190 valence electrons. The lowest BCUT2D eigenvalue weighted by Crippen LogP contribution is -2.41. The molecule has 0 spiro atoms. The van der Waals surface area contributed by atoms with Crippen LogP contribution in [0.3, 0.4) is 0 Å². The molecule has 2 aliphatic rings. The molecular formula is C28H34N4O3S. The normalized spacial score (nSPS) is 19.4. The number of carbonyl (C=O) groups is 1. The molecule has 2 aromatic carbocycles. The van der Waals surface area contributed by atoms with E-state index in [4.69, 9.17) is 4.98 Å². The lowest BCUT2D eigenvalue weighted by Gasteiger charge is -2.33. The Morgan fingerprint density at radius 3 is 2.56 bits per heavy atom. The van der Waals surface area contributed by atoms with E-state index < -0.39 is 10.0 Å². The number of nitrogens with zero attached hydrogens (tertiary/aromatic N) is 3. The number of nitrogens with one attached hydrogen (secondary N) is 1. The molecule has 0 unspecified atom stereocenters. The molecule has 3 aromatic rings. The summed E-state index contributed by atoms with van der Waals surface area (Å²) in [5.41, 5.74) is 3.80. The van der Waals surface area contributed by atoms with Crippen LogP contribution in [0.25, 0.3) is 10.9 Å². The first-order chi connectivity index (χ1) is 17.3. The van der Waals surface area contributed by atoms with Crippen LogP contribution in [0.5, 0.6) is 0 Å². The fourth-order valence-electron chi connectivity index (χ4n) is 5.19. The fraction of sp³-hybridized carbons (Fsp3) is 0.429. The summed E-state index contributed by atoms with van der Waals surface area (Å²) in [4.78, 5) is 20.4. The Balaban J connectivity index is 1.31. The Bertz CT molecular complexity index is 1380. The summed E-state index contributed by atoms with van der Waals surface area (Å²) in [7, 11) is -3.48. The molecule has 1 atom stereocenters. The van der Waals surface area contributed by atoms with Gasteiger partial charge in [-0.25, -0.2) is 13.4 Å². The highest BCUT2D eigenvalue weighted by atomic mass is 32.2. The molecule has 1 aromatic heterocycles. The molecule has 1 amide bonds. The van der Waals surface area contributed by atoms with Gasteiger partial charge in [0.2, 0.25) is 15.9 Å². The second-order valence-corrected chi connectivity index (χ2v) is 12.0. The number of aryl methyl sites for hydroxylation is 2. The minimum Gasteiger partial charge on any atom is -0.356 e. The Morgan fingerprint density at radius 2 is 1.75 bits per heavy atom. The molecule has 0 radical (unpaired) electrons. The van der Waals surface area contributed by atoms with Crippen LogP contribution in [0.15, 0.2) is 53.4 Å². The van der Waals surface area contributed by atoms with E-state index in [9.17, 15) is 13.2 Å². The van der Waals surface area contributed by atoms with Crippen LogP contribution in [0.2, 0.25) is 0 Å². The standard InChI is InChI=1S/C28H34N4O3S/c1-20-8-9-21(2)26(17-20)30-28(33)23-7-6-14-31(19-23)27-13-10-22-18-24(11-12-25(22)29-27)36(34,35)32-15-4-3-5-16-32/h8-13,17-18,23H,3-7,14-16,19H2,1-2H3,(H,30,33)/t23-/m0/s1. The number of piperidine rings is 2. The van der Waals surface area contributed by atoms with E-state index in [2.05, 4.69) is 10.2 Å². The lowest BCUT2D eigenvalue weighted by atomic mass is 9.96. The number of anilines is 2. The third kappa shape index (κ3) is 5.11. The number of hydrogen-bond acceptors (Lipinski definition) is 5. The molecule has 2 fully saturated rings. The van der Waals surface area contributed by atoms with Gasteiger partial charge in [-0.05, 0) is 87.1 Å². The van der Waals surface area contributed by atoms with E-state index in [-0.39, 0.29) is 11.8 Å². The van der Waals surface area contributed by atoms with Crippen molar-refractivity contribution in [1.82, 2.24) is 9.29 Å². The van der Waals surface area contributed by atoms with Gasteiger partial charge in [-0.15, -0.1) is 0 Å². The van der Waals surface area contributed by atoms with Gasteiger partial charge in [0.15, 0.2) is 0 Å². The van der Waals surface area contributed by atoms with Crippen LogP contribution in [0.1, 0.15) is 43.2 Å². The van der Waals surface area contributed by atoms with Crippen molar-refractivity contribution in [2.75, 3.05) is 36.4 Å². The van der Waals surface area contributed by atoms with Gasteiger partial charge in [0.05, 0.1) is 16.3 Å². The number of sulfonamides is 1. The molecule has 7 nitrogen and oxygen atoms in total. The smallest absolute Gasteiger partial charge is 0.243 e. The maximum absolute atomic E-state index is 13.1. The first-order valence-corrected chi connectivity index (χ1v) is 14.3. The van der Waals surface area contributed by atoms with E-state index in [0.29, 0.717) is 24.5 Å². The van der Waals surface area contributed by atoms with Crippen LogP contribution in [-0.4, -0.2) is 49.8 Å². The van der Waals surface area contributed by atoms with E-state index in [0.717, 1.165) is 72.2 Å². The van der Waals surface area contributed by atoms with Crippen molar-refractivity contribution in [3.05, 3.63) is 59.7 Å². The predicted octanol–water partition coefficient (Wildman–Crippen LogP) is 4.88. The van der Waals surface area contributed by atoms with Gasteiger partial charge in [0.1, 0.15) is 5.82 Å². The van der Waals surface area contributed by atoms with Gasteiger partial charge in [-0.2, -0.15) is 4.31 Å². The molecule has 1 N–H and O–H groups in total. The number of rotatable bonds is 5. The van der Waals surface area contributed by atoms with Gasteiger partial charge in [0, 0.05) is 37.3 Å². The van der Waals surface area contributed by atoms with Gasteiger partial charge in [0.25, 0.3) is 0 Å². The highest BCUT2D eigenvalue weighted by molar-refractivity contribution is 7.89. The van der Waals surface area contributed by atoms with Gasteiger partial charge in [-0.1, -0.05) is 18.6 Å². The Morgan fingerprint density at radius 1 is 0.944 bits per heavy atom. The minimum absolute atomic E-state index is 0.0433. The maximum atomic E-state index is 13.1. The second-order valence-electron chi connectivity index (χ2n) is 10.1. The number of benzene rings is 2. The SMILES string of the molecule is Cc1ccc(C)c(NC(=O)[C@H]2CCCN(c3ccc4cc(S(=O)(=O)N5CCCCC5)ccc4n3)C2)c1. The van der Waals surface area contributed by atoms with E-state index >= 15 is 0 Å². The minimum atomic E-state index is -3.48. The summed E-state index contributed by atoms with van der Waals surface area (Å²) in [5.74, 6) is 0.744. The maximum Gasteiger partial charge on any atom is 0.243 e. The van der Waals surface area contributed by atoms with Crippen molar-refractivity contribution in [1.29, 1.82) is 0 Å². The largest absolute Gasteiger partial charge is 0.356 e. The molecule has 0 saturated carbocycles. The first-order valence-electron chi connectivity index (χ1n) is 12.9. The average Bonchev–Trinajstić information content (AvgIpc) is 2.90. The highest BCUT2D eigenvalue weighted by Crippen LogP contribution is 2.28. The van der Waals surface area contributed by atoms with Crippen LogP contribution in [0.4, 0.5) is 11.5 Å². The molecule has 2 saturated heterocycles. The van der Waals surface area contributed by atoms with Crippen molar-refractivity contribution < 1.29 is 13.2 Å².